The van der Waals surface area contributed by atoms with Crippen molar-refractivity contribution < 1.29 is 4.79 Å². The summed E-state index contributed by atoms with van der Waals surface area (Å²) in [5, 5.41) is 3.76. The van der Waals surface area contributed by atoms with Crippen LogP contribution in [0.15, 0.2) is 24.7 Å². The molecule has 0 aromatic carbocycles. The van der Waals surface area contributed by atoms with E-state index in [4.69, 9.17) is 11.6 Å². The zero-order valence-corrected chi connectivity index (χ0v) is 14.0. The van der Waals surface area contributed by atoms with E-state index in [2.05, 4.69) is 22.2 Å². The molecule has 2 unspecified atom stereocenters. The number of amides is 1. The number of hydrogen-bond donors (Lipinski definition) is 1. The molecule has 6 heteroatoms. The lowest BCUT2D eigenvalue weighted by atomic mass is 9.82. The van der Waals surface area contributed by atoms with E-state index in [0.29, 0.717) is 28.3 Å². The molecule has 4 rings (SSSR count). The molecule has 5 nitrogen and oxygen atoms in total. The minimum atomic E-state index is -0.0728. The van der Waals surface area contributed by atoms with Crippen molar-refractivity contribution in [2.45, 2.75) is 50.2 Å². The topological polar surface area (TPSA) is 49.6 Å². The van der Waals surface area contributed by atoms with E-state index in [1.54, 1.807) is 29.1 Å². The minimum absolute atomic E-state index is 0.0728. The molecule has 0 saturated carbocycles. The Morgan fingerprint density at radius 1 is 1.35 bits per heavy atom. The normalized spacial score (nSPS) is 28.0. The van der Waals surface area contributed by atoms with E-state index >= 15 is 0 Å². The third kappa shape index (κ3) is 2.72. The highest BCUT2D eigenvalue weighted by atomic mass is 35.5. The van der Waals surface area contributed by atoms with E-state index in [-0.39, 0.29) is 11.9 Å². The van der Waals surface area contributed by atoms with Gasteiger partial charge in [-0.15, -0.1) is 0 Å². The Labute approximate surface area is 140 Å². The molecule has 2 atom stereocenters. The maximum absolute atomic E-state index is 12.7. The van der Waals surface area contributed by atoms with Crippen molar-refractivity contribution in [3.63, 3.8) is 0 Å². The molecule has 2 bridgehead atoms. The number of halogens is 1. The maximum atomic E-state index is 12.7. The third-order valence-corrected chi connectivity index (χ3v) is 5.58. The number of nitrogens with one attached hydrogen (secondary N) is 1. The number of imidazole rings is 1. The number of pyridine rings is 1. The van der Waals surface area contributed by atoms with Crippen LogP contribution in [-0.4, -0.2) is 45.4 Å². The summed E-state index contributed by atoms with van der Waals surface area (Å²) >= 11 is 6.13. The van der Waals surface area contributed by atoms with Crippen molar-refractivity contribution in [1.29, 1.82) is 0 Å². The van der Waals surface area contributed by atoms with Crippen LogP contribution in [0.2, 0.25) is 5.02 Å². The Morgan fingerprint density at radius 3 is 2.83 bits per heavy atom. The van der Waals surface area contributed by atoms with Crippen molar-refractivity contribution in [3.8, 4) is 0 Å². The van der Waals surface area contributed by atoms with E-state index in [1.165, 1.54) is 19.3 Å². The predicted octanol–water partition coefficient (Wildman–Crippen LogP) is 2.73. The molecule has 122 valence electrons. The molecule has 2 fully saturated rings. The number of rotatable bonds is 2. The highest BCUT2D eigenvalue weighted by Crippen LogP contribution is 2.32. The van der Waals surface area contributed by atoms with Crippen molar-refractivity contribution in [1.82, 2.24) is 19.6 Å². The first kappa shape index (κ1) is 15.0. The zero-order chi connectivity index (χ0) is 16.0. The van der Waals surface area contributed by atoms with Gasteiger partial charge in [0.1, 0.15) is 5.65 Å². The molecule has 1 amide bonds. The fraction of sp³-hybridized carbons (Fsp3) is 0.529. The summed E-state index contributed by atoms with van der Waals surface area (Å²) < 4.78 is 1.79. The zero-order valence-electron chi connectivity index (χ0n) is 13.2. The van der Waals surface area contributed by atoms with Gasteiger partial charge in [-0.3, -0.25) is 4.79 Å². The van der Waals surface area contributed by atoms with Crippen LogP contribution in [0.1, 0.15) is 42.5 Å². The number of carbonyl (C=O) groups excluding carboxylic acids is 1. The summed E-state index contributed by atoms with van der Waals surface area (Å²) in [6.45, 7) is 0. The van der Waals surface area contributed by atoms with Gasteiger partial charge in [-0.25, -0.2) is 4.98 Å². The summed E-state index contributed by atoms with van der Waals surface area (Å²) in [7, 11) is 2.22. The number of fused-ring (bicyclic) bond motifs is 3. The van der Waals surface area contributed by atoms with Crippen molar-refractivity contribution in [2.75, 3.05) is 7.05 Å². The van der Waals surface area contributed by atoms with Crippen LogP contribution in [-0.2, 0) is 0 Å². The smallest absolute Gasteiger partial charge is 0.255 e. The molecule has 2 aromatic rings. The standard InChI is InChI=1S/C17H21ClN4O/c1-21-13-3-2-4-14(21)9-12(8-13)20-17(23)15-7-11(18)10-22-6-5-19-16(15)22/h5-7,10,12-14H,2-4,8-9H2,1H3,(H,20,23). The van der Waals surface area contributed by atoms with Gasteiger partial charge < -0.3 is 14.6 Å². The summed E-state index contributed by atoms with van der Waals surface area (Å²) in [4.78, 5) is 19.5. The molecule has 0 spiro atoms. The van der Waals surface area contributed by atoms with Gasteiger partial charge in [0.25, 0.3) is 5.91 Å². The maximum Gasteiger partial charge on any atom is 0.255 e. The van der Waals surface area contributed by atoms with Crippen LogP contribution in [0.3, 0.4) is 0 Å². The molecular weight excluding hydrogens is 312 g/mol. The molecular formula is C17H21ClN4O. The molecule has 2 saturated heterocycles. The molecule has 0 radical (unpaired) electrons. The van der Waals surface area contributed by atoms with Gasteiger partial charge in [0.2, 0.25) is 0 Å². The molecule has 23 heavy (non-hydrogen) atoms. The summed E-state index contributed by atoms with van der Waals surface area (Å²) in [6.07, 6.45) is 11.1. The average Bonchev–Trinajstić information content (AvgIpc) is 2.95. The quantitative estimate of drug-likeness (QED) is 0.920. The Hall–Kier alpha value is -1.59. The first-order valence-electron chi connectivity index (χ1n) is 8.27. The Balaban J connectivity index is 1.54. The fourth-order valence-corrected chi connectivity index (χ4v) is 4.38. The van der Waals surface area contributed by atoms with Crippen LogP contribution in [0.4, 0.5) is 0 Å². The Morgan fingerprint density at radius 2 is 2.09 bits per heavy atom. The second-order valence-corrected chi connectivity index (χ2v) is 7.21. The van der Waals surface area contributed by atoms with Crippen LogP contribution in [0, 0.1) is 0 Å². The summed E-state index contributed by atoms with van der Waals surface area (Å²) in [6, 6.07) is 3.13. The molecule has 4 heterocycles. The SMILES string of the molecule is CN1C2CCCC1CC(NC(=O)c1cc(Cl)cn3ccnc13)C2. The highest BCUT2D eigenvalue weighted by Gasteiger charge is 2.36. The third-order valence-electron chi connectivity index (χ3n) is 5.37. The van der Waals surface area contributed by atoms with Crippen LogP contribution < -0.4 is 5.32 Å². The molecule has 1 N–H and O–H groups in total. The van der Waals surface area contributed by atoms with Crippen LogP contribution >= 0.6 is 11.6 Å². The average molecular weight is 333 g/mol. The Kier molecular flexibility index (Phi) is 3.77. The van der Waals surface area contributed by atoms with Gasteiger partial charge in [0.05, 0.1) is 10.6 Å². The van der Waals surface area contributed by atoms with E-state index in [1.807, 2.05) is 0 Å². The molecule has 2 aliphatic rings. The number of aromatic nitrogens is 2. The summed E-state index contributed by atoms with van der Waals surface area (Å²) in [5.41, 5.74) is 1.20. The first-order chi connectivity index (χ1) is 11.1. The number of carbonyl (C=O) groups is 1. The first-order valence-corrected chi connectivity index (χ1v) is 8.64. The second kappa shape index (κ2) is 5.80. The van der Waals surface area contributed by atoms with Gasteiger partial charge in [0.15, 0.2) is 0 Å². The lowest BCUT2D eigenvalue weighted by molar-refractivity contribution is 0.0463. The largest absolute Gasteiger partial charge is 0.349 e. The second-order valence-electron chi connectivity index (χ2n) is 6.78. The number of piperidine rings is 2. The van der Waals surface area contributed by atoms with E-state index in [9.17, 15) is 4.79 Å². The van der Waals surface area contributed by atoms with Gasteiger partial charge in [-0.2, -0.15) is 0 Å². The van der Waals surface area contributed by atoms with Crippen LogP contribution in [0.5, 0.6) is 0 Å². The van der Waals surface area contributed by atoms with E-state index in [0.717, 1.165) is 12.8 Å². The van der Waals surface area contributed by atoms with Crippen molar-refractivity contribution in [3.05, 3.63) is 35.2 Å². The van der Waals surface area contributed by atoms with Gasteiger partial charge >= 0.3 is 0 Å². The van der Waals surface area contributed by atoms with Gasteiger partial charge in [-0.05, 0) is 38.8 Å². The highest BCUT2D eigenvalue weighted by molar-refractivity contribution is 6.31. The lowest BCUT2D eigenvalue weighted by Crippen LogP contribution is -2.55. The van der Waals surface area contributed by atoms with Gasteiger partial charge in [-0.1, -0.05) is 18.0 Å². The Bertz CT molecular complexity index is 729. The summed E-state index contributed by atoms with van der Waals surface area (Å²) in [5.74, 6) is -0.0728. The van der Waals surface area contributed by atoms with Gasteiger partial charge in [0, 0.05) is 36.7 Å². The monoisotopic (exact) mass is 332 g/mol. The molecule has 2 aliphatic heterocycles. The molecule has 2 aromatic heterocycles. The van der Waals surface area contributed by atoms with E-state index < -0.39 is 0 Å². The number of nitrogens with zero attached hydrogens (tertiary/aromatic N) is 3. The fourth-order valence-electron chi connectivity index (χ4n) is 4.16. The lowest BCUT2D eigenvalue weighted by Gasteiger charge is -2.47. The number of hydrogen-bond acceptors (Lipinski definition) is 3. The molecule has 0 aliphatic carbocycles. The van der Waals surface area contributed by atoms with Crippen molar-refractivity contribution >= 4 is 23.2 Å². The minimum Gasteiger partial charge on any atom is -0.349 e. The van der Waals surface area contributed by atoms with Crippen LogP contribution in [0.25, 0.3) is 5.65 Å². The van der Waals surface area contributed by atoms with Crippen molar-refractivity contribution in [2.24, 2.45) is 0 Å². The predicted molar refractivity (Wildman–Crippen MR) is 89.9 cm³/mol.